The molecule has 0 aliphatic carbocycles. The first-order chi connectivity index (χ1) is 12.1. The van der Waals surface area contributed by atoms with Gasteiger partial charge in [-0.3, -0.25) is 4.79 Å². The third kappa shape index (κ3) is 3.48. The van der Waals surface area contributed by atoms with E-state index in [1.807, 2.05) is 6.07 Å². The van der Waals surface area contributed by atoms with Gasteiger partial charge in [0.1, 0.15) is 17.5 Å². The zero-order chi connectivity index (χ0) is 17.8. The van der Waals surface area contributed by atoms with E-state index in [1.54, 1.807) is 48.7 Å². The predicted molar refractivity (Wildman–Crippen MR) is 90.2 cm³/mol. The minimum absolute atomic E-state index is 0.296. The van der Waals surface area contributed by atoms with Crippen LogP contribution in [0.4, 0.5) is 10.1 Å². The molecule has 0 aliphatic rings. The number of nitriles is 1. The number of anilines is 1. The van der Waals surface area contributed by atoms with Gasteiger partial charge in [0.2, 0.25) is 5.91 Å². The second-order valence-corrected chi connectivity index (χ2v) is 5.34. The zero-order valence-electron chi connectivity index (χ0n) is 13.1. The monoisotopic (exact) mass is 335 g/mol. The Hall–Kier alpha value is -3.66. The van der Waals surface area contributed by atoms with Crippen molar-refractivity contribution in [2.45, 2.75) is 6.04 Å². The summed E-state index contributed by atoms with van der Waals surface area (Å²) in [6, 6.07) is 14.0. The maximum absolute atomic E-state index is 13.8. The highest BCUT2D eigenvalue weighted by Gasteiger charge is 2.18. The molecule has 0 unspecified atom stereocenters. The summed E-state index contributed by atoms with van der Waals surface area (Å²) in [5.74, 6) is -0.987. The van der Waals surface area contributed by atoms with Crippen molar-refractivity contribution in [2.24, 2.45) is 5.73 Å². The molecule has 1 amide bonds. The van der Waals surface area contributed by atoms with E-state index in [-0.39, 0.29) is 0 Å². The van der Waals surface area contributed by atoms with Crippen molar-refractivity contribution in [3.05, 3.63) is 77.9 Å². The smallest absolute Gasteiger partial charge is 0.244 e. The highest BCUT2D eigenvalue weighted by Crippen LogP contribution is 2.21. The number of rotatable bonds is 5. The van der Waals surface area contributed by atoms with Gasteiger partial charge in [0.25, 0.3) is 0 Å². The van der Waals surface area contributed by atoms with Crippen molar-refractivity contribution < 1.29 is 9.18 Å². The number of hydrogen-bond donors (Lipinski definition) is 2. The molecule has 124 valence electrons. The lowest BCUT2D eigenvalue weighted by Crippen LogP contribution is -2.27. The fourth-order valence-electron chi connectivity index (χ4n) is 2.40. The second-order valence-electron chi connectivity index (χ2n) is 5.34. The first kappa shape index (κ1) is 16.2. The first-order valence-corrected chi connectivity index (χ1v) is 7.44. The fraction of sp³-hybridized carbons (Fsp3) is 0.0556. The van der Waals surface area contributed by atoms with Crippen LogP contribution in [0, 0.1) is 17.1 Å². The second kappa shape index (κ2) is 6.84. The molecule has 3 rings (SSSR count). The largest absolute Gasteiger partial charge is 0.368 e. The molecule has 0 fully saturated rings. The van der Waals surface area contributed by atoms with Crippen LogP contribution in [-0.2, 0) is 4.79 Å². The van der Waals surface area contributed by atoms with Crippen LogP contribution in [0.2, 0.25) is 0 Å². The quantitative estimate of drug-likeness (QED) is 0.749. The lowest BCUT2D eigenvalue weighted by molar-refractivity contribution is -0.118. The third-order valence-corrected chi connectivity index (χ3v) is 3.65. The summed E-state index contributed by atoms with van der Waals surface area (Å²) in [7, 11) is 0. The molecule has 0 saturated carbocycles. The van der Waals surface area contributed by atoms with E-state index in [0.717, 1.165) is 0 Å². The topological polar surface area (TPSA) is 96.7 Å². The molecular weight excluding hydrogens is 321 g/mol. The number of carbonyl (C=O) groups is 1. The zero-order valence-corrected chi connectivity index (χ0v) is 13.1. The lowest BCUT2D eigenvalue weighted by Gasteiger charge is -2.15. The Labute approximate surface area is 143 Å². The summed E-state index contributed by atoms with van der Waals surface area (Å²) in [6.45, 7) is 0. The molecule has 0 radical (unpaired) electrons. The molecule has 25 heavy (non-hydrogen) atoms. The van der Waals surface area contributed by atoms with E-state index in [0.29, 0.717) is 22.5 Å². The molecule has 0 saturated heterocycles. The van der Waals surface area contributed by atoms with Gasteiger partial charge in [-0.05, 0) is 29.8 Å². The third-order valence-electron chi connectivity index (χ3n) is 3.65. The first-order valence-electron chi connectivity index (χ1n) is 7.44. The van der Waals surface area contributed by atoms with Crippen LogP contribution < -0.4 is 11.1 Å². The summed E-state index contributed by atoms with van der Waals surface area (Å²) >= 11 is 0. The van der Waals surface area contributed by atoms with Crippen LogP contribution >= 0.6 is 0 Å². The Morgan fingerprint density at radius 3 is 2.60 bits per heavy atom. The number of benzene rings is 2. The average Bonchev–Trinajstić information content (AvgIpc) is 3.08. The van der Waals surface area contributed by atoms with Gasteiger partial charge < -0.3 is 11.1 Å². The van der Waals surface area contributed by atoms with E-state index in [2.05, 4.69) is 10.4 Å². The van der Waals surface area contributed by atoms with Gasteiger partial charge in [-0.15, -0.1) is 0 Å². The molecule has 3 N–H and O–H groups in total. The molecule has 2 aromatic carbocycles. The lowest BCUT2D eigenvalue weighted by atomic mass is 10.0. The minimum Gasteiger partial charge on any atom is -0.368 e. The van der Waals surface area contributed by atoms with E-state index in [9.17, 15) is 9.18 Å². The molecular formula is C18H14FN5O. The van der Waals surface area contributed by atoms with E-state index >= 15 is 0 Å². The van der Waals surface area contributed by atoms with Gasteiger partial charge >= 0.3 is 0 Å². The van der Waals surface area contributed by atoms with Crippen molar-refractivity contribution >= 4 is 11.6 Å². The van der Waals surface area contributed by atoms with Crippen LogP contribution in [0.15, 0.2) is 60.9 Å². The standard InChI is InChI=1S/C18H14FN5O/c19-15-3-1-2-4-16(15)24-11-14(10-22-24)23-17(18(21)25)13-7-5-12(9-20)6-8-13/h1-8,10-11,17,23H,(H2,21,25)/t17-/m0/s1. The minimum atomic E-state index is -0.800. The van der Waals surface area contributed by atoms with Crippen molar-refractivity contribution in [1.82, 2.24) is 9.78 Å². The summed E-state index contributed by atoms with van der Waals surface area (Å²) < 4.78 is 15.2. The van der Waals surface area contributed by atoms with Crippen LogP contribution in [-0.4, -0.2) is 15.7 Å². The number of nitrogens with one attached hydrogen (secondary N) is 1. The maximum atomic E-state index is 13.8. The van der Waals surface area contributed by atoms with Gasteiger partial charge in [-0.1, -0.05) is 24.3 Å². The summed E-state index contributed by atoms with van der Waals surface area (Å²) in [5.41, 5.74) is 7.38. The molecule has 1 heterocycles. The summed E-state index contributed by atoms with van der Waals surface area (Å²) in [4.78, 5) is 11.8. The molecule has 7 heteroatoms. The molecule has 0 aliphatic heterocycles. The van der Waals surface area contributed by atoms with Crippen molar-refractivity contribution in [3.8, 4) is 11.8 Å². The Balaban J connectivity index is 1.85. The Morgan fingerprint density at radius 2 is 1.96 bits per heavy atom. The Kier molecular flexibility index (Phi) is 4.44. The SMILES string of the molecule is N#Cc1ccc([C@H](Nc2cnn(-c3ccccc3F)c2)C(N)=O)cc1. The molecule has 3 aromatic rings. The normalized spacial score (nSPS) is 11.5. The van der Waals surface area contributed by atoms with Gasteiger partial charge in [-0.25, -0.2) is 9.07 Å². The van der Waals surface area contributed by atoms with Gasteiger partial charge in [0, 0.05) is 0 Å². The molecule has 1 atom stereocenters. The summed E-state index contributed by atoms with van der Waals surface area (Å²) in [6.07, 6.45) is 3.05. The molecule has 0 bridgehead atoms. The Bertz CT molecular complexity index is 943. The number of primary amides is 1. The predicted octanol–water partition coefficient (Wildman–Crippen LogP) is 2.52. The average molecular weight is 335 g/mol. The summed E-state index contributed by atoms with van der Waals surface area (Å²) in [5, 5.41) is 15.9. The highest BCUT2D eigenvalue weighted by molar-refractivity contribution is 5.84. The maximum Gasteiger partial charge on any atom is 0.244 e. The number of carbonyl (C=O) groups excluding carboxylic acids is 1. The molecule has 1 aromatic heterocycles. The van der Waals surface area contributed by atoms with Gasteiger partial charge in [-0.2, -0.15) is 10.4 Å². The number of para-hydroxylation sites is 1. The number of amides is 1. The van der Waals surface area contributed by atoms with Crippen molar-refractivity contribution in [3.63, 3.8) is 0 Å². The van der Waals surface area contributed by atoms with Gasteiger partial charge in [0.15, 0.2) is 0 Å². The molecule has 0 spiro atoms. The van der Waals surface area contributed by atoms with E-state index in [4.69, 9.17) is 11.0 Å². The van der Waals surface area contributed by atoms with Crippen molar-refractivity contribution in [2.75, 3.05) is 5.32 Å². The number of nitrogens with two attached hydrogens (primary N) is 1. The fourth-order valence-corrected chi connectivity index (χ4v) is 2.40. The Morgan fingerprint density at radius 1 is 1.24 bits per heavy atom. The number of aromatic nitrogens is 2. The van der Waals surface area contributed by atoms with E-state index < -0.39 is 17.8 Å². The van der Waals surface area contributed by atoms with Crippen LogP contribution in [0.3, 0.4) is 0 Å². The van der Waals surface area contributed by atoms with E-state index in [1.165, 1.54) is 16.9 Å². The number of halogens is 1. The van der Waals surface area contributed by atoms with Crippen LogP contribution in [0.1, 0.15) is 17.2 Å². The molecule has 6 nitrogen and oxygen atoms in total. The van der Waals surface area contributed by atoms with Crippen LogP contribution in [0.5, 0.6) is 0 Å². The number of hydrogen-bond acceptors (Lipinski definition) is 4. The van der Waals surface area contributed by atoms with Crippen molar-refractivity contribution in [1.29, 1.82) is 5.26 Å². The van der Waals surface area contributed by atoms with Crippen LogP contribution in [0.25, 0.3) is 5.69 Å². The van der Waals surface area contributed by atoms with Gasteiger partial charge in [0.05, 0.1) is 29.7 Å². The highest BCUT2D eigenvalue weighted by atomic mass is 19.1. The number of nitrogens with zero attached hydrogens (tertiary/aromatic N) is 3.